The first-order valence-corrected chi connectivity index (χ1v) is 12.8. The fraction of sp³-hybridized carbons (Fsp3) is 0.269. The van der Waals surface area contributed by atoms with Crippen LogP contribution < -0.4 is 15.4 Å². The monoisotopic (exact) mass is 495 g/mol. The maximum atomic E-state index is 12.9. The molecule has 1 heterocycles. The van der Waals surface area contributed by atoms with Crippen molar-refractivity contribution in [3.63, 3.8) is 0 Å². The number of carbonyl (C=O) groups excluding carboxylic acids is 1. The maximum Gasteiger partial charge on any atom is 0.243 e. The molecular weight excluding hydrogens is 466 g/mol. The lowest BCUT2D eigenvalue weighted by atomic mass is 9.98. The number of carbonyl (C=O) groups is 1. The van der Waals surface area contributed by atoms with Crippen molar-refractivity contribution in [3.05, 3.63) is 90.0 Å². The zero-order valence-electron chi connectivity index (χ0n) is 19.5. The number of hydrogen-bond donors (Lipinski definition) is 2. The second-order valence-corrected chi connectivity index (χ2v) is 10.0. The molecule has 35 heavy (non-hydrogen) atoms. The van der Waals surface area contributed by atoms with Crippen LogP contribution in [-0.4, -0.2) is 58.6 Å². The molecule has 184 valence electrons. The topological polar surface area (TPSA) is 97.0 Å². The average Bonchev–Trinajstić information content (AvgIpc) is 2.92. The van der Waals surface area contributed by atoms with Gasteiger partial charge in [-0.1, -0.05) is 48.5 Å². The Bertz CT molecular complexity index is 1230. The van der Waals surface area contributed by atoms with Crippen molar-refractivity contribution in [2.75, 3.05) is 45.3 Å². The predicted octanol–water partition coefficient (Wildman–Crippen LogP) is 3.03. The van der Waals surface area contributed by atoms with E-state index < -0.39 is 10.0 Å². The van der Waals surface area contributed by atoms with Crippen LogP contribution >= 0.6 is 0 Å². The molecule has 0 bridgehead atoms. The third-order valence-electron chi connectivity index (χ3n) is 5.78. The van der Waals surface area contributed by atoms with Crippen LogP contribution in [0.2, 0.25) is 0 Å². The van der Waals surface area contributed by atoms with E-state index in [9.17, 15) is 13.2 Å². The van der Waals surface area contributed by atoms with Gasteiger partial charge in [-0.2, -0.15) is 4.31 Å². The third-order valence-corrected chi connectivity index (χ3v) is 7.68. The summed E-state index contributed by atoms with van der Waals surface area (Å²) in [6, 6.07) is 23.4. The van der Waals surface area contributed by atoms with E-state index in [2.05, 4.69) is 10.6 Å². The first kappa shape index (κ1) is 24.7. The van der Waals surface area contributed by atoms with Crippen molar-refractivity contribution in [1.82, 2.24) is 9.62 Å². The van der Waals surface area contributed by atoms with Gasteiger partial charge in [-0.15, -0.1) is 0 Å². The molecule has 0 unspecified atom stereocenters. The van der Waals surface area contributed by atoms with E-state index in [0.29, 0.717) is 32.0 Å². The van der Waals surface area contributed by atoms with Gasteiger partial charge in [-0.3, -0.25) is 4.79 Å². The van der Waals surface area contributed by atoms with Crippen molar-refractivity contribution in [2.45, 2.75) is 10.9 Å². The van der Waals surface area contributed by atoms with E-state index in [1.165, 1.54) is 4.31 Å². The summed E-state index contributed by atoms with van der Waals surface area (Å²) in [5.74, 6) is 0.511. The molecule has 1 amide bonds. The number of benzene rings is 3. The normalized spacial score (nSPS) is 15.2. The summed E-state index contributed by atoms with van der Waals surface area (Å²) in [6.07, 6.45) is 0. The lowest BCUT2D eigenvalue weighted by molar-refractivity contribution is -0.119. The number of methoxy groups -OCH3 is 1. The van der Waals surface area contributed by atoms with E-state index in [4.69, 9.17) is 9.47 Å². The van der Waals surface area contributed by atoms with Crippen LogP contribution in [0.1, 0.15) is 17.2 Å². The minimum atomic E-state index is -3.62. The number of sulfonamides is 1. The lowest BCUT2D eigenvalue weighted by Crippen LogP contribution is -2.40. The van der Waals surface area contributed by atoms with Gasteiger partial charge in [-0.05, 0) is 41.5 Å². The van der Waals surface area contributed by atoms with Crippen molar-refractivity contribution in [3.8, 4) is 5.75 Å². The fourth-order valence-corrected chi connectivity index (χ4v) is 5.35. The molecule has 0 aliphatic carbocycles. The largest absolute Gasteiger partial charge is 0.497 e. The minimum absolute atomic E-state index is 0.0133. The highest BCUT2D eigenvalue weighted by molar-refractivity contribution is 7.89. The summed E-state index contributed by atoms with van der Waals surface area (Å²) < 4.78 is 37.8. The van der Waals surface area contributed by atoms with E-state index >= 15 is 0 Å². The number of ether oxygens (including phenoxy) is 2. The van der Waals surface area contributed by atoms with E-state index in [0.717, 1.165) is 16.9 Å². The third kappa shape index (κ3) is 6.19. The van der Waals surface area contributed by atoms with Gasteiger partial charge in [0.2, 0.25) is 15.9 Å². The van der Waals surface area contributed by atoms with Crippen molar-refractivity contribution in [2.24, 2.45) is 0 Å². The Morgan fingerprint density at radius 2 is 1.66 bits per heavy atom. The number of anilines is 1. The Morgan fingerprint density at radius 1 is 0.971 bits per heavy atom. The van der Waals surface area contributed by atoms with Crippen LogP contribution in [0, 0.1) is 0 Å². The SMILES string of the molecule is COc1ccc([C@H](NC(=O)CNc2cccc(S(=O)(=O)N3CCOCC3)c2)c2ccccc2)cc1. The molecule has 1 aliphatic rings. The minimum Gasteiger partial charge on any atom is -0.497 e. The van der Waals surface area contributed by atoms with Crippen LogP contribution in [0.15, 0.2) is 83.8 Å². The van der Waals surface area contributed by atoms with Gasteiger partial charge in [0.25, 0.3) is 0 Å². The van der Waals surface area contributed by atoms with Gasteiger partial charge in [0.1, 0.15) is 5.75 Å². The van der Waals surface area contributed by atoms with Crippen LogP contribution in [0.3, 0.4) is 0 Å². The second kappa shape index (κ2) is 11.4. The zero-order chi connectivity index (χ0) is 24.7. The first-order valence-electron chi connectivity index (χ1n) is 11.4. The highest BCUT2D eigenvalue weighted by Crippen LogP contribution is 2.24. The van der Waals surface area contributed by atoms with E-state index in [1.54, 1.807) is 31.4 Å². The Hall–Kier alpha value is -3.40. The molecule has 9 heteroatoms. The molecule has 2 N–H and O–H groups in total. The maximum absolute atomic E-state index is 12.9. The molecule has 1 atom stereocenters. The Morgan fingerprint density at radius 3 is 2.34 bits per heavy atom. The standard InChI is InChI=1S/C26H29N3O5S/c1-33-23-12-10-21(11-13-23)26(20-6-3-2-4-7-20)28-25(30)19-27-22-8-5-9-24(18-22)35(31,32)29-14-16-34-17-15-29/h2-13,18,26-27H,14-17,19H2,1H3,(H,28,30)/t26-/m1/s1. The van der Waals surface area contributed by atoms with Crippen molar-refractivity contribution >= 4 is 21.6 Å². The number of rotatable bonds is 9. The first-order chi connectivity index (χ1) is 17.0. The summed E-state index contributed by atoms with van der Waals surface area (Å²) in [7, 11) is -2.01. The van der Waals surface area contributed by atoms with E-state index in [-0.39, 0.29) is 23.4 Å². The molecule has 1 fully saturated rings. The number of morpholine rings is 1. The highest BCUT2D eigenvalue weighted by atomic mass is 32.2. The summed E-state index contributed by atoms with van der Waals surface area (Å²) in [5.41, 5.74) is 2.42. The molecule has 0 radical (unpaired) electrons. The quantitative estimate of drug-likeness (QED) is 0.474. The summed E-state index contributed by atoms with van der Waals surface area (Å²) in [5, 5.41) is 6.12. The highest BCUT2D eigenvalue weighted by Gasteiger charge is 2.26. The smallest absolute Gasteiger partial charge is 0.243 e. The molecular formula is C26H29N3O5S. The predicted molar refractivity (Wildman–Crippen MR) is 134 cm³/mol. The molecule has 0 spiro atoms. The summed E-state index contributed by atoms with van der Waals surface area (Å²) >= 11 is 0. The summed E-state index contributed by atoms with van der Waals surface area (Å²) in [6.45, 7) is 1.41. The van der Waals surface area contributed by atoms with Gasteiger partial charge in [0, 0.05) is 18.8 Å². The van der Waals surface area contributed by atoms with Gasteiger partial charge >= 0.3 is 0 Å². The fourth-order valence-electron chi connectivity index (χ4n) is 3.90. The molecule has 8 nitrogen and oxygen atoms in total. The number of nitrogens with zero attached hydrogens (tertiary/aromatic N) is 1. The molecule has 1 saturated heterocycles. The molecule has 1 aliphatic heterocycles. The van der Waals surface area contributed by atoms with Crippen molar-refractivity contribution in [1.29, 1.82) is 0 Å². The summed E-state index contributed by atoms with van der Waals surface area (Å²) in [4.78, 5) is 13.1. The van der Waals surface area contributed by atoms with Crippen LogP contribution in [0.4, 0.5) is 5.69 Å². The lowest BCUT2D eigenvalue weighted by Gasteiger charge is -2.26. The Balaban J connectivity index is 1.44. The molecule has 3 aromatic rings. The Kier molecular flexibility index (Phi) is 8.02. The second-order valence-electron chi connectivity index (χ2n) is 8.08. The van der Waals surface area contributed by atoms with Gasteiger partial charge in [0.05, 0.1) is 37.8 Å². The van der Waals surface area contributed by atoms with Crippen LogP contribution in [-0.2, 0) is 19.6 Å². The van der Waals surface area contributed by atoms with Gasteiger partial charge in [0.15, 0.2) is 0 Å². The Labute approximate surface area is 205 Å². The number of hydrogen-bond acceptors (Lipinski definition) is 6. The average molecular weight is 496 g/mol. The number of nitrogens with one attached hydrogen (secondary N) is 2. The zero-order valence-corrected chi connectivity index (χ0v) is 20.3. The van der Waals surface area contributed by atoms with Gasteiger partial charge < -0.3 is 20.1 Å². The molecule has 0 aromatic heterocycles. The van der Waals surface area contributed by atoms with Crippen LogP contribution in [0.5, 0.6) is 5.75 Å². The van der Waals surface area contributed by atoms with Crippen LogP contribution in [0.25, 0.3) is 0 Å². The van der Waals surface area contributed by atoms with E-state index in [1.807, 2.05) is 54.6 Å². The molecule has 0 saturated carbocycles. The number of amides is 1. The van der Waals surface area contributed by atoms with Crippen molar-refractivity contribution < 1.29 is 22.7 Å². The molecule has 4 rings (SSSR count). The van der Waals surface area contributed by atoms with Gasteiger partial charge in [-0.25, -0.2) is 8.42 Å². The molecule has 3 aromatic carbocycles.